The Morgan fingerprint density at radius 2 is 1.87 bits per heavy atom. The summed E-state index contributed by atoms with van der Waals surface area (Å²) < 4.78 is 37.4. The first-order valence-electron chi connectivity index (χ1n) is 10.0. The van der Waals surface area contributed by atoms with Crippen LogP contribution in [0.25, 0.3) is 0 Å². The molecule has 1 unspecified atom stereocenters. The molecule has 2 aromatic carbocycles. The fourth-order valence-corrected chi connectivity index (χ4v) is 5.14. The fourth-order valence-electron chi connectivity index (χ4n) is 3.44. The number of carbonyl (C=O) groups is 2. The van der Waals surface area contributed by atoms with Crippen LogP contribution in [0.5, 0.6) is 5.75 Å². The quantitative estimate of drug-likeness (QED) is 0.656. The Kier molecular flexibility index (Phi) is 7.29. The number of ether oxygens (including phenoxy) is 2. The van der Waals surface area contributed by atoms with E-state index in [1.807, 2.05) is 6.92 Å². The summed E-state index contributed by atoms with van der Waals surface area (Å²) in [6.45, 7) is 1.93. The first-order chi connectivity index (χ1) is 14.8. The summed E-state index contributed by atoms with van der Waals surface area (Å²) in [5.41, 5.74) is 0.682. The van der Waals surface area contributed by atoms with Crippen LogP contribution in [0.3, 0.4) is 0 Å². The molecule has 0 saturated carbocycles. The van der Waals surface area contributed by atoms with Gasteiger partial charge in [-0.05, 0) is 56.2 Å². The highest BCUT2D eigenvalue weighted by atomic mass is 32.2. The number of benzene rings is 2. The van der Waals surface area contributed by atoms with Gasteiger partial charge in [-0.3, -0.25) is 4.79 Å². The van der Waals surface area contributed by atoms with Crippen LogP contribution in [0.15, 0.2) is 53.4 Å². The van der Waals surface area contributed by atoms with Gasteiger partial charge >= 0.3 is 5.97 Å². The molecule has 9 heteroatoms. The van der Waals surface area contributed by atoms with Crippen molar-refractivity contribution in [2.75, 3.05) is 25.6 Å². The summed E-state index contributed by atoms with van der Waals surface area (Å²) in [6.07, 6.45) is 2.69. The van der Waals surface area contributed by atoms with Crippen molar-refractivity contribution >= 4 is 27.6 Å². The number of esters is 1. The second-order valence-corrected chi connectivity index (χ2v) is 9.23. The summed E-state index contributed by atoms with van der Waals surface area (Å²) in [5.74, 6) is -0.625. The Balaban J connectivity index is 1.58. The van der Waals surface area contributed by atoms with Crippen molar-refractivity contribution in [1.82, 2.24) is 4.31 Å². The van der Waals surface area contributed by atoms with E-state index in [1.165, 1.54) is 35.7 Å². The van der Waals surface area contributed by atoms with Gasteiger partial charge in [0.05, 0.1) is 17.6 Å². The van der Waals surface area contributed by atoms with Crippen molar-refractivity contribution in [1.29, 1.82) is 0 Å². The summed E-state index contributed by atoms with van der Waals surface area (Å²) in [5, 5.41) is 2.61. The minimum Gasteiger partial charge on any atom is -0.497 e. The molecule has 0 radical (unpaired) electrons. The smallest absolute Gasteiger partial charge is 0.338 e. The molecule has 2 aromatic rings. The maximum absolute atomic E-state index is 12.9. The number of piperidine rings is 1. The van der Waals surface area contributed by atoms with Crippen molar-refractivity contribution in [2.24, 2.45) is 0 Å². The molecule has 1 aliphatic rings. The standard InChI is InChI=1S/C22H26N2O6S/c1-16-6-3-4-13-24(16)31(27,28)20-11-9-17(10-12-20)22(26)30-15-21(25)23-18-7-5-8-19(14-18)29-2/h5,7-12,14,16H,3-4,6,13,15H2,1-2H3,(H,23,25). The zero-order valence-electron chi connectivity index (χ0n) is 17.5. The SMILES string of the molecule is COc1cccc(NC(=O)COC(=O)c2ccc(S(=O)(=O)N3CCCCC3C)cc2)c1. The lowest BCUT2D eigenvalue weighted by Gasteiger charge is -2.32. The molecular weight excluding hydrogens is 420 g/mol. The molecule has 0 spiro atoms. The van der Waals surface area contributed by atoms with Crippen LogP contribution in [0.2, 0.25) is 0 Å². The van der Waals surface area contributed by atoms with E-state index in [2.05, 4.69) is 5.32 Å². The summed E-state index contributed by atoms with van der Waals surface area (Å²) in [6, 6.07) is 12.3. The number of hydrogen-bond donors (Lipinski definition) is 1. The minimum absolute atomic E-state index is 0.0495. The van der Waals surface area contributed by atoms with E-state index >= 15 is 0 Å². The van der Waals surface area contributed by atoms with Gasteiger partial charge in [-0.25, -0.2) is 13.2 Å². The second kappa shape index (κ2) is 9.93. The maximum Gasteiger partial charge on any atom is 0.338 e. The Hall–Kier alpha value is -2.91. The molecule has 3 rings (SSSR count). The number of anilines is 1. The minimum atomic E-state index is -3.61. The average Bonchev–Trinajstić information content (AvgIpc) is 2.78. The van der Waals surface area contributed by atoms with Crippen molar-refractivity contribution in [3.63, 3.8) is 0 Å². The molecule has 1 N–H and O–H groups in total. The van der Waals surface area contributed by atoms with Gasteiger partial charge in [0.15, 0.2) is 6.61 Å². The number of rotatable bonds is 7. The van der Waals surface area contributed by atoms with Gasteiger partial charge in [-0.15, -0.1) is 0 Å². The molecule has 1 atom stereocenters. The first-order valence-corrected chi connectivity index (χ1v) is 11.5. The predicted octanol–water partition coefficient (Wildman–Crippen LogP) is 3.05. The third kappa shape index (κ3) is 5.62. The van der Waals surface area contributed by atoms with Gasteiger partial charge in [0.25, 0.3) is 5.91 Å². The van der Waals surface area contributed by atoms with Gasteiger partial charge in [0.1, 0.15) is 5.75 Å². The zero-order valence-corrected chi connectivity index (χ0v) is 18.4. The zero-order chi connectivity index (χ0) is 22.4. The van der Waals surface area contributed by atoms with Crippen LogP contribution in [-0.2, 0) is 19.6 Å². The Bertz CT molecular complexity index is 1040. The highest BCUT2D eigenvalue weighted by molar-refractivity contribution is 7.89. The van der Waals surface area contributed by atoms with E-state index in [-0.39, 0.29) is 16.5 Å². The fraction of sp³-hybridized carbons (Fsp3) is 0.364. The topological polar surface area (TPSA) is 102 Å². The molecule has 8 nitrogen and oxygen atoms in total. The lowest BCUT2D eigenvalue weighted by molar-refractivity contribution is -0.119. The van der Waals surface area contributed by atoms with E-state index in [1.54, 1.807) is 24.3 Å². The van der Waals surface area contributed by atoms with Gasteiger partial charge < -0.3 is 14.8 Å². The van der Waals surface area contributed by atoms with E-state index in [4.69, 9.17) is 9.47 Å². The Labute approximate surface area is 182 Å². The molecule has 0 aromatic heterocycles. The lowest BCUT2D eigenvalue weighted by atomic mass is 10.1. The van der Waals surface area contributed by atoms with Crippen LogP contribution in [-0.4, -0.2) is 50.9 Å². The second-order valence-electron chi connectivity index (χ2n) is 7.34. The van der Waals surface area contributed by atoms with Crippen molar-refractivity contribution in [3.8, 4) is 5.75 Å². The molecule has 0 aliphatic carbocycles. The number of methoxy groups -OCH3 is 1. The molecule has 1 fully saturated rings. The largest absolute Gasteiger partial charge is 0.497 e. The van der Waals surface area contributed by atoms with Crippen molar-refractivity contribution in [3.05, 3.63) is 54.1 Å². The average molecular weight is 447 g/mol. The first kappa shape index (κ1) is 22.8. The molecule has 1 aliphatic heterocycles. The summed E-state index contributed by atoms with van der Waals surface area (Å²) >= 11 is 0. The molecule has 1 heterocycles. The van der Waals surface area contributed by atoms with Crippen LogP contribution < -0.4 is 10.1 Å². The highest BCUT2D eigenvalue weighted by Gasteiger charge is 2.31. The number of sulfonamides is 1. The van der Waals surface area contributed by atoms with Gasteiger partial charge in [0, 0.05) is 24.3 Å². The Morgan fingerprint density at radius 3 is 2.55 bits per heavy atom. The van der Waals surface area contributed by atoms with Crippen molar-refractivity contribution < 1.29 is 27.5 Å². The molecule has 1 amide bonds. The molecular formula is C22H26N2O6S. The number of hydrogen-bond acceptors (Lipinski definition) is 6. The van der Waals surface area contributed by atoms with Crippen LogP contribution in [0.4, 0.5) is 5.69 Å². The normalized spacial score (nSPS) is 17.0. The van der Waals surface area contributed by atoms with E-state index < -0.39 is 28.5 Å². The number of amides is 1. The van der Waals surface area contributed by atoms with Gasteiger partial charge in [-0.1, -0.05) is 12.5 Å². The number of nitrogens with zero attached hydrogens (tertiary/aromatic N) is 1. The highest BCUT2D eigenvalue weighted by Crippen LogP contribution is 2.25. The van der Waals surface area contributed by atoms with Crippen LogP contribution in [0.1, 0.15) is 36.5 Å². The third-order valence-electron chi connectivity index (χ3n) is 5.13. The molecule has 166 valence electrons. The third-order valence-corrected chi connectivity index (χ3v) is 7.15. The maximum atomic E-state index is 12.9. The lowest BCUT2D eigenvalue weighted by Crippen LogP contribution is -2.41. The predicted molar refractivity (Wildman–Crippen MR) is 116 cm³/mol. The molecule has 1 saturated heterocycles. The monoisotopic (exact) mass is 446 g/mol. The van der Waals surface area contributed by atoms with Crippen molar-refractivity contribution in [2.45, 2.75) is 37.1 Å². The van der Waals surface area contributed by atoms with Crippen LogP contribution >= 0.6 is 0 Å². The molecule has 0 bridgehead atoms. The summed E-state index contributed by atoms with van der Waals surface area (Å²) in [7, 11) is -2.09. The number of carbonyl (C=O) groups excluding carboxylic acids is 2. The van der Waals surface area contributed by atoms with E-state index in [9.17, 15) is 18.0 Å². The van der Waals surface area contributed by atoms with E-state index in [0.29, 0.717) is 18.0 Å². The Morgan fingerprint density at radius 1 is 1.13 bits per heavy atom. The number of nitrogens with one attached hydrogen (secondary N) is 1. The van der Waals surface area contributed by atoms with E-state index in [0.717, 1.165) is 19.3 Å². The van der Waals surface area contributed by atoms with Gasteiger partial charge in [-0.2, -0.15) is 4.31 Å². The van der Waals surface area contributed by atoms with Crippen LogP contribution in [0, 0.1) is 0 Å². The summed E-state index contributed by atoms with van der Waals surface area (Å²) in [4.78, 5) is 24.4. The molecule has 31 heavy (non-hydrogen) atoms. The van der Waals surface area contributed by atoms with Gasteiger partial charge in [0.2, 0.25) is 10.0 Å².